The molecule has 0 saturated carbocycles. The van der Waals surface area contributed by atoms with E-state index in [0.717, 1.165) is 12.1 Å². The van der Waals surface area contributed by atoms with Gasteiger partial charge in [0.2, 0.25) is 9.70 Å². The maximum absolute atomic E-state index is 13.4. The van der Waals surface area contributed by atoms with Crippen molar-refractivity contribution in [1.29, 1.82) is 0 Å². The lowest BCUT2D eigenvalue weighted by atomic mass is 10.2. The molecule has 1 N–H and O–H groups in total. The second-order valence-corrected chi connectivity index (χ2v) is 6.33. The third-order valence-electron chi connectivity index (χ3n) is 2.26. The molecule has 0 unspecified atom stereocenters. The lowest BCUT2D eigenvalue weighted by Crippen LogP contribution is -2.28. The summed E-state index contributed by atoms with van der Waals surface area (Å²) in [6.45, 7) is 2.62. The Balaban J connectivity index is 2.91. The predicted octanol–water partition coefficient (Wildman–Crippen LogP) is 3.70. The molecule has 0 aromatic heterocycles. The first kappa shape index (κ1) is 17.0. The van der Waals surface area contributed by atoms with Gasteiger partial charge in [-0.2, -0.15) is 0 Å². The van der Waals surface area contributed by atoms with Crippen LogP contribution in [0.15, 0.2) is 18.2 Å². The summed E-state index contributed by atoms with van der Waals surface area (Å²) in [6.07, 6.45) is -0.991. The van der Waals surface area contributed by atoms with Gasteiger partial charge in [0.1, 0.15) is 11.9 Å². The Hall–Kier alpha value is -1.04. The van der Waals surface area contributed by atoms with Crippen LogP contribution in [0.3, 0.4) is 0 Å². The second kappa shape index (κ2) is 6.61. The van der Waals surface area contributed by atoms with Crippen LogP contribution in [0.2, 0.25) is 0 Å². The molecule has 1 aromatic carbocycles. The van der Waals surface area contributed by atoms with E-state index >= 15 is 0 Å². The van der Waals surface area contributed by atoms with Crippen LogP contribution in [0.4, 0.5) is 10.1 Å². The summed E-state index contributed by atoms with van der Waals surface area (Å²) < 4.78 is 16.6. The Morgan fingerprint density at radius 3 is 2.45 bits per heavy atom. The van der Waals surface area contributed by atoms with Crippen LogP contribution in [0, 0.1) is 5.82 Å². The van der Waals surface area contributed by atoms with Crippen molar-refractivity contribution in [3.63, 3.8) is 0 Å². The highest BCUT2D eigenvalue weighted by Crippen LogP contribution is 2.32. The molecule has 1 atom stereocenters. The van der Waals surface area contributed by atoms with Gasteiger partial charge in [0, 0.05) is 6.92 Å². The third-order valence-corrected chi connectivity index (χ3v) is 3.18. The van der Waals surface area contributed by atoms with Crippen molar-refractivity contribution in [2.75, 3.05) is 5.32 Å². The average molecular weight is 343 g/mol. The van der Waals surface area contributed by atoms with Gasteiger partial charge in [0.15, 0.2) is 0 Å². The lowest BCUT2D eigenvalue weighted by molar-refractivity contribution is -0.114. The number of anilines is 1. The summed E-state index contributed by atoms with van der Waals surface area (Å²) in [5.74, 6) is -1.94. The Morgan fingerprint density at radius 1 is 1.35 bits per heavy atom. The molecule has 0 radical (unpaired) electrons. The molecular formula is C12H11Cl3FNO3. The number of rotatable bonds is 3. The highest BCUT2D eigenvalue weighted by atomic mass is 35.6. The average Bonchev–Trinajstić information content (AvgIpc) is 2.29. The zero-order valence-electron chi connectivity index (χ0n) is 10.5. The molecule has 0 aliphatic carbocycles. The van der Waals surface area contributed by atoms with Gasteiger partial charge < -0.3 is 10.1 Å². The second-order valence-electron chi connectivity index (χ2n) is 3.96. The topological polar surface area (TPSA) is 55.4 Å². The smallest absolute Gasteiger partial charge is 0.338 e. The molecule has 110 valence electrons. The molecule has 0 aliphatic heterocycles. The van der Waals surface area contributed by atoms with Crippen LogP contribution >= 0.6 is 34.8 Å². The van der Waals surface area contributed by atoms with Gasteiger partial charge in [0.05, 0.1) is 11.3 Å². The number of hydrogen-bond donors (Lipinski definition) is 1. The predicted molar refractivity (Wildman–Crippen MR) is 75.9 cm³/mol. The summed E-state index contributed by atoms with van der Waals surface area (Å²) in [4.78, 5) is 22.7. The normalized spacial score (nSPS) is 12.7. The standard InChI is InChI=1S/C12H11Cl3FNO3/c1-6(12(13,14)15)20-11(19)8-3-4-9(16)10(5-8)17-7(2)18/h3-6H,1-2H3,(H,17,18)/t6-/m1/s1. The number of carbonyl (C=O) groups is 2. The van der Waals surface area contributed by atoms with E-state index in [1.165, 1.54) is 19.9 Å². The molecule has 8 heteroatoms. The highest BCUT2D eigenvalue weighted by molar-refractivity contribution is 6.68. The van der Waals surface area contributed by atoms with Crippen LogP contribution in [-0.4, -0.2) is 21.8 Å². The summed E-state index contributed by atoms with van der Waals surface area (Å²) in [5, 5.41) is 2.25. The quantitative estimate of drug-likeness (QED) is 0.673. The molecule has 0 saturated heterocycles. The van der Waals surface area contributed by atoms with Crippen LogP contribution in [-0.2, 0) is 9.53 Å². The molecular weight excluding hydrogens is 331 g/mol. The molecule has 1 amide bonds. The zero-order valence-corrected chi connectivity index (χ0v) is 12.8. The fourth-order valence-corrected chi connectivity index (χ4v) is 1.37. The van der Waals surface area contributed by atoms with Crippen molar-refractivity contribution in [3.05, 3.63) is 29.6 Å². The number of ether oxygens (including phenoxy) is 1. The number of amides is 1. The number of nitrogens with one attached hydrogen (secondary N) is 1. The van der Waals surface area contributed by atoms with Gasteiger partial charge in [-0.3, -0.25) is 4.79 Å². The molecule has 0 fully saturated rings. The minimum atomic E-state index is -1.77. The number of esters is 1. The summed E-state index contributed by atoms with van der Waals surface area (Å²) >= 11 is 16.7. The van der Waals surface area contributed by atoms with Crippen molar-refractivity contribution in [2.45, 2.75) is 23.7 Å². The highest BCUT2D eigenvalue weighted by Gasteiger charge is 2.32. The maximum atomic E-state index is 13.4. The fourth-order valence-electron chi connectivity index (χ4n) is 1.23. The van der Waals surface area contributed by atoms with Gasteiger partial charge in [-0.15, -0.1) is 0 Å². The molecule has 0 spiro atoms. The van der Waals surface area contributed by atoms with E-state index in [1.54, 1.807) is 0 Å². The van der Waals surface area contributed by atoms with Crippen molar-refractivity contribution in [2.24, 2.45) is 0 Å². The van der Waals surface area contributed by atoms with E-state index in [-0.39, 0.29) is 11.3 Å². The first-order valence-electron chi connectivity index (χ1n) is 5.46. The van der Waals surface area contributed by atoms with Gasteiger partial charge in [-0.1, -0.05) is 34.8 Å². The van der Waals surface area contributed by atoms with Crippen LogP contribution in [0.5, 0.6) is 0 Å². The van der Waals surface area contributed by atoms with E-state index in [4.69, 9.17) is 39.5 Å². The summed E-state index contributed by atoms with van der Waals surface area (Å²) in [7, 11) is 0. The summed E-state index contributed by atoms with van der Waals surface area (Å²) in [5.41, 5.74) is -0.107. The van der Waals surface area contributed by atoms with Crippen molar-refractivity contribution >= 4 is 52.4 Å². The Morgan fingerprint density at radius 2 is 1.95 bits per heavy atom. The van der Waals surface area contributed by atoms with Gasteiger partial charge in [-0.05, 0) is 25.1 Å². The largest absolute Gasteiger partial charge is 0.455 e. The van der Waals surface area contributed by atoms with E-state index in [0.29, 0.717) is 0 Å². The van der Waals surface area contributed by atoms with Crippen LogP contribution in [0.25, 0.3) is 0 Å². The maximum Gasteiger partial charge on any atom is 0.338 e. The monoisotopic (exact) mass is 341 g/mol. The lowest BCUT2D eigenvalue weighted by Gasteiger charge is -2.20. The van der Waals surface area contributed by atoms with Crippen LogP contribution < -0.4 is 5.32 Å². The molecule has 0 aliphatic rings. The van der Waals surface area contributed by atoms with E-state index in [1.807, 2.05) is 0 Å². The fraction of sp³-hybridized carbons (Fsp3) is 0.333. The van der Waals surface area contributed by atoms with E-state index < -0.39 is 27.6 Å². The number of hydrogen-bond acceptors (Lipinski definition) is 3. The minimum absolute atomic E-state index is 0.0243. The molecule has 20 heavy (non-hydrogen) atoms. The Bertz CT molecular complexity index is 531. The summed E-state index contributed by atoms with van der Waals surface area (Å²) in [6, 6.07) is 3.38. The first-order valence-corrected chi connectivity index (χ1v) is 6.59. The first-order chi connectivity index (χ1) is 9.11. The number of benzene rings is 1. The molecule has 1 rings (SSSR count). The molecule has 1 aromatic rings. The van der Waals surface area contributed by atoms with Crippen LogP contribution in [0.1, 0.15) is 24.2 Å². The van der Waals surface area contributed by atoms with Crippen molar-refractivity contribution in [3.8, 4) is 0 Å². The Labute approximate surface area is 130 Å². The number of alkyl halides is 3. The van der Waals surface area contributed by atoms with Crippen molar-refractivity contribution < 1.29 is 18.7 Å². The Kier molecular flexibility index (Phi) is 5.62. The molecule has 0 bridgehead atoms. The van der Waals surface area contributed by atoms with Gasteiger partial charge in [-0.25, -0.2) is 9.18 Å². The number of halogens is 4. The molecule has 4 nitrogen and oxygen atoms in total. The third kappa shape index (κ3) is 4.81. The molecule has 0 heterocycles. The van der Waals surface area contributed by atoms with E-state index in [9.17, 15) is 14.0 Å². The van der Waals surface area contributed by atoms with Crippen molar-refractivity contribution in [1.82, 2.24) is 0 Å². The minimum Gasteiger partial charge on any atom is -0.455 e. The SMILES string of the molecule is CC(=O)Nc1cc(C(=O)O[C@H](C)C(Cl)(Cl)Cl)ccc1F. The van der Waals surface area contributed by atoms with Gasteiger partial charge >= 0.3 is 5.97 Å². The van der Waals surface area contributed by atoms with E-state index in [2.05, 4.69) is 5.32 Å². The number of carbonyl (C=O) groups excluding carboxylic acids is 2. The zero-order chi connectivity index (χ0) is 15.5. The van der Waals surface area contributed by atoms with Gasteiger partial charge in [0.25, 0.3) is 0 Å².